The van der Waals surface area contributed by atoms with Crippen molar-refractivity contribution in [1.82, 2.24) is 4.90 Å². The molecule has 0 aromatic heterocycles. The number of methoxy groups -OCH3 is 1. The van der Waals surface area contributed by atoms with E-state index in [9.17, 15) is 14.4 Å². The van der Waals surface area contributed by atoms with Crippen LogP contribution in [0.2, 0.25) is 0 Å². The van der Waals surface area contributed by atoms with E-state index in [-0.39, 0.29) is 4.91 Å². The lowest BCUT2D eigenvalue weighted by atomic mass is 10.2. The number of rotatable bonds is 7. The number of hydrogen-bond donors (Lipinski definition) is 1. The van der Waals surface area contributed by atoms with Crippen LogP contribution in [0.4, 0.5) is 4.79 Å². The van der Waals surface area contributed by atoms with Gasteiger partial charge in [0.15, 0.2) is 11.5 Å². The topological polar surface area (TPSA) is 93.1 Å². The summed E-state index contributed by atoms with van der Waals surface area (Å²) in [5, 5.41) is 8.17. The second-order valence-electron chi connectivity index (χ2n) is 4.80. The minimum atomic E-state index is -1.25. The van der Waals surface area contributed by atoms with Crippen LogP contribution in [0.15, 0.2) is 29.7 Å². The molecule has 0 bridgehead atoms. The molecular weight excluding hydrogens is 461 g/mol. The molecule has 0 radical (unpaired) electrons. The van der Waals surface area contributed by atoms with Crippen LogP contribution in [0.1, 0.15) is 5.56 Å². The minimum Gasteiger partial charge on any atom is -0.493 e. The van der Waals surface area contributed by atoms with Gasteiger partial charge in [0.2, 0.25) is 0 Å². The van der Waals surface area contributed by atoms with Gasteiger partial charge in [0, 0.05) is 0 Å². The number of aliphatic carboxylic acids is 1. The summed E-state index contributed by atoms with van der Waals surface area (Å²) in [6.45, 7) is 3.26. The fraction of sp³-hybridized carbons (Fsp3) is 0.188. The number of imide groups is 1. The maximum absolute atomic E-state index is 12.2. The van der Waals surface area contributed by atoms with E-state index in [1.165, 1.54) is 13.2 Å². The summed E-state index contributed by atoms with van der Waals surface area (Å²) in [7, 11) is 1.50. The van der Waals surface area contributed by atoms with Gasteiger partial charge in [-0.2, -0.15) is 0 Å². The largest absolute Gasteiger partial charge is 0.493 e. The van der Waals surface area contributed by atoms with Crippen LogP contribution in [0.3, 0.4) is 0 Å². The molecule has 1 N–H and O–H groups in total. The summed E-state index contributed by atoms with van der Waals surface area (Å²) in [4.78, 5) is 35.6. The molecule has 7 nitrogen and oxygen atoms in total. The van der Waals surface area contributed by atoms with Crippen molar-refractivity contribution in [2.24, 2.45) is 0 Å². The van der Waals surface area contributed by atoms with Gasteiger partial charge in [-0.05, 0) is 58.1 Å². The molecule has 0 unspecified atom stereocenters. The van der Waals surface area contributed by atoms with Gasteiger partial charge in [-0.1, -0.05) is 12.7 Å². The number of carbonyl (C=O) groups is 3. The number of nitrogens with zero attached hydrogens (tertiary/aromatic N) is 1. The predicted octanol–water partition coefficient (Wildman–Crippen LogP) is 2.99. The molecule has 2 rings (SSSR count). The number of thioether (sulfide) groups is 1. The highest BCUT2D eigenvalue weighted by Gasteiger charge is 2.36. The SMILES string of the molecule is C=CCOc1c(I)cc(/C=C2\SC(=O)N(CC(=O)O)C2=O)cc1OC. The molecule has 0 atom stereocenters. The van der Waals surface area contributed by atoms with E-state index in [1.807, 2.05) is 0 Å². The Hall–Kier alpha value is -2.01. The fourth-order valence-corrected chi connectivity index (χ4v) is 3.65. The molecule has 1 aromatic carbocycles. The molecule has 9 heteroatoms. The van der Waals surface area contributed by atoms with E-state index in [0.717, 1.165) is 3.57 Å². The molecule has 0 spiro atoms. The van der Waals surface area contributed by atoms with Crippen molar-refractivity contribution in [1.29, 1.82) is 0 Å². The van der Waals surface area contributed by atoms with Gasteiger partial charge in [-0.15, -0.1) is 0 Å². The zero-order valence-corrected chi connectivity index (χ0v) is 16.1. The Morgan fingerprint density at radius 2 is 2.16 bits per heavy atom. The van der Waals surface area contributed by atoms with Gasteiger partial charge in [0.05, 0.1) is 15.6 Å². The molecule has 0 saturated carbocycles. The number of benzene rings is 1. The molecule has 132 valence electrons. The number of halogens is 1. The first-order chi connectivity index (χ1) is 11.9. The lowest BCUT2D eigenvalue weighted by Gasteiger charge is -2.12. The molecule has 25 heavy (non-hydrogen) atoms. The summed E-state index contributed by atoms with van der Waals surface area (Å²) in [5.41, 5.74) is 0.632. The Morgan fingerprint density at radius 1 is 1.44 bits per heavy atom. The predicted molar refractivity (Wildman–Crippen MR) is 102 cm³/mol. The summed E-state index contributed by atoms with van der Waals surface area (Å²) >= 11 is 2.78. The third-order valence-corrected chi connectivity index (χ3v) is 4.77. The summed E-state index contributed by atoms with van der Waals surface area (Å²) in [6.07, 6.45) is 3.14. The average Bonchev–Trinajstić information content (AvgIpc) is 2.80. The van der Waals surface area contributed by atoms with E-state index >= 15 is 0 Å². The quantitative estimate of drug-likeness (QED) is 0.368. The number of hydrogen-bond acceptors (Lipinski definition) is 6. The number of carbonyl (C=O) groups excluding carboxylic acids is 2. The maximum Gasteiger partial charge on any atom is 0.323 e. The monoisotopic (exact) mass is 475 g/mol. The van der Waals surface area contributed by atoms with Crippen LogP contribution in [0.5, 0.6) is 11.5 Å². The Labute approximate surface area is 161 Å². The Balaban J connectivity index is 2.33. The molecule has 1 aliphatic rings. The molecule has 1 heterocycles. The van der Waals surface area contributed by atoms with Crippen molar-refractivity contribution < 1.29 is 29.0 Å². The van der Waals surface area contributed by atoms with Crippen molar-refractivity contribution in [2.75, 3.05) is 20.3 Å². The summed E-state index contributed by atoms with van der Waals surface area (Å²) in [6, 6.07) is 3.44. The highest BCUT2D eigenvalue weighted by atomic mass is 127. The van der Waals surface area contributed by atoms with Gasteiger partial charge < -0.3 is 14.6 Å². The number of carboxylic acids is 1. The maximum atomic E-state index is 12.2. The molecule has 2 amide bonds. The highest BCUT2D eigenvalue weighted by molar-refractivity contribution is 14.1. The summed E-state index contributed by atoms with van der Waals surface area (Å²) < 4.78 is 11.6. The molecule has 1 fully saturated rings. The third-order valence-electron chi connectivity index (χ3n) is 3.06. The number of ether oxygens (including phenoxy) is 2. The first-order valence-electron chi connectivity index (χ1n) is 6.95. The molecule has 1 aliphatic heterocycles. The van der Waals surface area contributed by atoms with Crippen LogP contribution in [-0.4, -0.2) is 47.4 Å². The van der Waals surface area contributed by atoms with Crippen LogP contribution >= 0.6 is 34.4 Å². The molecule has 1 aromatic rings. The van der Waals surface area contributed by atoms with Gasteiger partial charge in [0.1, 0.15) is 13.2 Å². The van der Waals surface area contributed by atoms with Crippen LogP contribution in [-0.2, 0) is 9.59 Å². The van der Waals surface area contributed by atoms with E-state index in [0.29, 0.717) is 40.3 Å². The number of carboxylic acid groups (broad SMARTS) is 1. The molecular formula is C16H14INO6S. The van der Waals surface area contributed by atoms with E-state index < -0.39 is 23.7 Å². The minimum absolute atomic E-state index is 0.156. The van der Waals surface area contributed by atoms with Crippen molar-refractivity contribution in [2.45, 2.75) is 0 Å². The second kappa shape index (κ2) is 8.39. The van der Waals surface area contributed by atoms with E-state index in [2.05, 4.69) is 29.2 Å². The lowest BCUT2D eigenvalue weighted by Crippen LogP contribution is -2.33. The zero-order valence-electron chi connectivity index (χ0n) is 13.2. The van der Waals surface area contributed by atoms with Gasteiger partial charge in [-0.25, -0.2) is 0 Å². The van der Waals surface area contributed by atoms with Crippen LogP contribution in [0, 0.1) is 3.57 Å². The van der Waals surface area contributed by atoms with Gasteiger partial charge >= 0.3 is 5.97 Å². The first-order valence-corrected chi connectivity index (χ1v) is 8.85. The highest BCUT2D eigenvalue weighted by Crippen LogP contribution is 2.37. The van der Waals surface area contributed by atoms with Crippen LogP contribution in [0.25, 0.3) is 6.08 Å². The zero-order chi connectivity index (χ0) is 18.6. The standard InChI is InChI=1S/C16H14INO6S/c1-3-4-24-14-10(17)5-9(6-11(14)23-2)7-12-15(21)18(8-13(19)20)16(22)25-12/h3,5-7H,1,4,8H2,2H3,(H,19,20)/b12-7-. The molecule has 0 aliphatic carbocycles. The summed E-state index contributed by atoms with van der Waals surface area (Å²) in [5.74, 6) is -0.842. The third kappa shape index (κ3) is 4.54. The molecule has 1 saturated heterocycles. The first kappa shape index (κ1) is 19.3. The van der Waals surface area contributed by atoms with Gasteiger partial charge in [0.25, 0.3) is 11.1 Å². The lowest BCUT2D eigenvalue weighted by molar-refractivity contribution is -0.140. The van der Waals surface area contributed by atoms with E-state index in [4.69, 9.17) is 14.6 Å². The van der Waals surface area contributed by atoms with Crippen LogP contribution < -0.4 is 9.47 Å². The van der Waals surface area contributed by atoms with Crippen molar-refractivity contribution >= 4 is 57.5 Å². The Kier molecular flexibility index (Phi) is 6.48. The fourth-order valence-electron chi connectivity index (χ4n) is 2.03. The van der Waals surface area contributed by atoms with Gasteiger partial charge in [-0.3, -0.25) is 19.3 Å². The number of amides is 2. The van der Waals surface area contributed by atoms with Crippen molar-refractivity contribution in [3.8, 4) is 11.5 Å². The Morgan fingerprint density at radius 3 is 2.76 bits per heavy atom. The average molecular weight is 475 g/mol. The van der Waals surface area contributed by atoms with Crippen molar-refractivity contribution in [3.05, 3.63) is 38.8 Å². The smallest absolute Gasteiger partial charge is 0.323 e. The van der Waals surface area contributed by atoms with Crippen molar-refractivity contribution in [3.63, 3.8) is 0 Å². The second-order valence-corrected chi connectivity index (χ2v) is 6.95. The normalized spacial score (nSPS) is 15.6. The van der Waals surface area contributed by atoms with E-state index in [1.54, 1.807) is 18.2 Å². The Bertz CT molecular complexity index is 776.